The maximum atomic E-state index is 11.4. The average Bonchev–Trinajstić information content (AvgIpc) is 2.01. The number of carbonyl (C=O) groups is 1. The van der Waals surface area contributed by atoms with E-state index in [1.807, 2.05) is 32.9 Å². The summed E-state index contributed by atoms with van der Waals surface area (Å²) in [6, 6.07) is 3.81. The Labute approximate surface area is 103 Å². The molecular weight excluding hydrogens is 206 g/mol. The topological polar surface area (TPSA) is 43.4 Å². The molecule has 0 aromatic heterocycles. The molecule has 1 radical (unpaired) electrons. The van der Waals surface area contributed by atoms with Gasteiger partial charge in [-0.15, -0.1) is 0 Å². The van der Waals surface area contributed by atoms with E-state index >= 15 is 0 Å². The summed E-state index contributed by atoms with van der Waals surface area (Å²) in [5.74, 6) is -0.495. The van der Waals surface area contributed by atoms with Crippen molar-refractivity contribution in [2.75, 3.05) is 0 Å². The maximum absolute atomic E-state index is 11.4. The summed E-state index contributed by atoms with van der Waals surface area (Å²) in [6.45, 7) is 5.65. The molecule has 0 bridgehead atoms. The van der Waals surface area contributed by atoms with E-state index in [1.165, 1.54) is 0 Å². The Kier molecular flexibility index (Phi) is 5.98. The fourth-order valence-electron chi connectivity index (χ4n) is 1.60. The number of rotatable bonds is 2. The third-order valence-corrected chi connectivity index (χ3v) is 2.35. The summed E-state index contributed by atoms with van der Waals surface area (Å²) in [5, 5.41) is 0. The van der Waals surface area contributed by atoms with Gasteiger partial charge in [-0.2, -0.15) is 0 Å². The van der Waals surface area contributed by atoms with Crippen molar-refractivity contribution in [3.05, 3.63) is 34.4 Å². The minimum Gasteiger partial charge on any atom is -0.413 e. The SMILES string of the molecule is Cc1cc(C)c(C(=O)O[PH2]=O)c(C)c1.[Li]. The molecule has 0 aliphatic carbocycles. The molecule has 5 heteroatoms. The Hall–Kier alpha value is -0.483. The van der Waals surface area contributed by atoms with Crippen LogP contribution in [0.4, 0.5) is 0 Å². The zero-order valence-electron chi connectivity index (χ0n) is 9.46. The van der Waals surface area contributed by atoms with Gasteiger partial charge in [0.25, 0.3) is 0 Å². The van der Waals surface area contributed by atoms with E-state index in [0.717, 1.165) is 16.7 Å². The Bertz CT molecular complexity index is 367. The molecule has 0 spiro atoms. The first-order chi connectivity index (χ1) is 6.56. The van der Waals surface area contributed by atoms with Gasteiger partial charge < -0.3 is 4.52 Å². The quantitative estimate of drug-likeness (QED) is 0.564. The second-order valence-corrected chi connectivity index (χ2v) is 3.70. The van der Waals surface area contributed by atoms with E-state index in [-0.39, 0.29) is 18.9 Å². The monoisotopic (exact) mass is 219 g/mol. The summed E-state index contributed by atoms with van der Waals surface area (Å²) >= 11 is 0. The van der Waals surface area contributed by atoms with Crippen LogP contribution < -0.4 is 0 Å². The molecule has 0 fully saturated rings. The number of benzene rings is 1. The van der Waals surface area contributed by atoms with E-state index in [9.17, 15) is 9.36 Å². The van der Waals surface area contributed by atoms with Crippen LogP contribution in [0.25, 0.3) is 0 Å². The smallest absolute Gasteiger partial charge is 0.343 e. The number of carbonyl (C=O) groups excluding carboxylic acids is 1. The molecule has 0 saturated carbocycles. The number of aryl methyl sites for hydroxylation is 3. The first-order valence-electron chi connectivity index (χ1n) is 4.28. The fraction of sp³-hybridized carbons (Fsp3) is 0.300. The molecule has 0 saturated heterocycles. The molecule has 1 rings (SSSR count). The predicted octanol–water partition coefficient (Wildman–Crippen LogP) is 2.06. The van der Waals surface area contributed by atoms with E-state index in [0.29, 0.717) is 5.56 Å². The van der Waals surface area contributed by atoms with Gasteiger partial charge in [0, 0.05) is 18.9 Å². The molecule has 0 aliphatic rings. The Morgan fingerprint density at radius 3 is 2.07 bits per heavy atom. The van der Waals surface area contributed by atoms with Gasteiger partial charge in [-0.25, -0.2) is 4.79 Å². The van der Waals surface area contributed by atoms with Crippen LogP contribution in [0, 0.1) is 20.8 Å². The van der Waals surface area contributed by atoms with Gasteiger partial charge in [0.05, 0.1) is 5.56 Å². The van der Waals surface area contributed by atoms with Gasteiger partial charge in [-0.05, 0) is 31.9 Å². The minimum absolute atomic E-state index is 0. The van der Waals surface area contributed by atoms with Crippen LogP contribution >= 0.6 is 8.69 Å². The van der Waals surface area contributed by atoms with Gasteiger partial charge in [-0.3, -0.25) is 4.57 Å². The maximum Gasteiger partial charge on any atom is 0.343 e. The van der Waals surface area contributed by atoms with Gasteiger partial charge in [0.2, 0.25) is 8.69 Å². The zero-order chi connectivity index (χ0) is 10.7. The molecule has 1 aromatic rings. The molecule has 0 aliphatic heterocycles. The largest absolute Gasteiger partial charge is 0.413 e. The fourth-order valence-corrected chi connectivity index (χ4v) is 1.81. The molecule has 3 nitrogen and oxygen atoms in total. The third-order valence-electron chi connectivity index (χ3n) is 2.04. The molecule has 0 heterocycles. The van der Waals surface area contributed by atoms with Gasteiger partial charge >= 0.3 is 5.97 Å². The van der Waals surface area contributed by atoms with Crippen molar-refractivity contribution in [3.63, 3.8) is 0 Å². The van der Waals surface area contributed by atoms with Crippen LogP contribution in [0.15, 0.2) is 12.1 Å². The summed E-state index contributed by atoms with van der Waals surface area (Å²) in [6.07, 6.45) is 0. The van der Waals surface area contributed by atoms with Crippen molar-refractivity contribution in [3.8, 4) is 0 Å². The molecule has 77 valence electrons. The molecule has 0 amide bonds. The van der Waals surface area contributed by atoms with Crippen LogP contribution in [0.3, 0.4) is 0 Å². The van der Waals surface area contributed by atoms with Gasteiger partial charge in [0.15, 0.2) is 0 Å². The number of hydrogen-bond donors (Lipinski definition) is 0. The summed E-state index contributed by atoms with van der Waals surface area (Å²) in [5.41, 5.74) is 3.35. The summed E-state index contributed by atoms with van der Waals surface area (Å²) < 4.78 is 14.8. The van der Waals surface area contributed by atoms with Crippen LogP contribution in [-0.4, -0.2) is 24.8 Å². The van der Waals surface area contributed by atoms with Crippen LogP contribution in [0.1, 0.15) is 27.0 Å². The molecule has 0 N–H and O–H groups in total. The van der Waals surface area contributed by atoms with Crippen molar-refractivity contribution in [2.24, 2.45) is 0 Å². The van der Waals surface area contributed by atoms with Crippen molar-refractivity contribution in [2.45, 2.75) is 20.8 Å². The van der Waals surface area contributed by atoms with E-state index in [1.54, 1.807) is 0 Å². The van der Waals surface area contributed by atoms with Crippen molar-refractivity contribution < 1.29 is 13.9 Å². The van der Waals surface area contributed by atoms with E-state index < -0.39 is 14.7 Å². The van der Waals surface area contributed by atoms with E-state index in [4.69, 9.17) is 0 Å². The summed E-state index contributed by atoms with van der Waals surface area (Å²) in [4.78, 5) is 11.4. The Balaban J connectivity index is 0.00000196. The first kappa shape index (κ1) is 14.5. The third kappa shape index (κ3) is 3.54. The Morgan fingerprint density at radius 2 is 1.67 bits per heavy atom. The Morgan fingerprint density at radius 1 is 1.20 bits per heavy atom. The molecule has 1 unspecified atom stereocenters. The standard InChI is InChI=1S/C10H13O3P.Li/c1-6-4-7(2)9(8(3)5-6)10(11)13-14-12;/h4-5H,14H2,1-3H3;. The summed E-state index contributed by atoms with van der Waals surface area (Å²) in [7, 11) is -1.48. The second-order valence-electron chi connectivity index (χ2n) is 3.28. The van der Waals surface area contributed by atoms with E-state index in [2.05, 4.69) is 4.52 Å². The first-order valence-corrected chi connectivity index (χ1v) is 5.23. The zero-order valence-corrected chi connectivity index (χ0v) is 10.6. The van der Waals surface area contributed by atoms with Gasteiger partial charge in [0.1, 0.15) is 0 Å². The van der Waals surface area contributed by atoms with Gasteiger partial charge in [-0.1, -0.05) is 17.7 Å². The predicted molar refractivity (Wildman–Crippen MR) is 62.2 cm³/mol. The molecule has 1 atom stereocenters. The van der Waals surface area contributed by atoms with Crippen LogP contribution in [-0.2, 0) is 9.09 Å². The molecule has 1 aromatic carbocycles. The van der Waals surface area contributed by atoms with Crippen molar-refractivity contribution in [1.29, 1.82) is 0 Å². The molecule has 15 heavy (non-hydrogen) atoms. The van der Waals surface area contributed by atoms with Crippen LogP contribution in [0.2, 0.25) is 0 Å². The normalized spacial score (nSPS) is 10.1. The number of hydrogen-bond acceptors (Lipinski definition) is 3. The average molecular weight is 219 g/mol. The second kappa shape index (κ2) is 6.18. The minimum atomic E-state index is -1.48. The van der Waals surface area contributed by atoms with Crippen LogP contribution in [0.5, 0.6) is 0 Å². The van der Waals surface area contributed by atoms with Crippen molar-refractivity contribution in [1.82, 2.24) is 0 Å². The van der Waals surface area contributed by atoms with Crippen molar-refractivity contribution >= 4 is 33.5 Å². The molecular formula is C10H13LiO3P.